The number of fused-ring (bicyclic) bond motifs is 3. The maximum Gasteiger partial charge on any atom is 0.262 e. The lowest BCUT2D eigenvalue weighted by molar-refractivity contribution is -0.121. The smallest absolute Gasteiger partial charge is 0.262 e. The fourth-order valence-corrected chi connectivity index (χ4v) is 5.24. The van der Waals surface area contributed by atoms with Gasteiger partial charge in [0, 0.05) is 17.1 Å². The van der Waals surface area contributed by atoms with Gasteiger partial charge < -0.3 is 5.32 Å². The Bertz CT molecular complexity index is 1370. The van der Waals surface area contributed by atoms with Crippen molar-refractivity contribution in [2.45, 2.75) is 26.3 Å². The summed E-state index contributed by atoms with van der Waals surface area (Å²) < 4.78 is 3.97. The van der Waals surface area contributed by atoms with Gasteiger partial charge in [-0.1, -0.05) is 55.3 Å². The first kappa shape index (κ1) is 20.8. The molecule has 0 fully saturated rings. The van der Waals surface area contributed by atoms with Crippen LogP contribution in [-0.4, -0.2) is 21.4 Å². The number of rotatable bonds is 6. The quantitative estimate of drug-likeness (QED) is 0.316. The number of aromatic nitrogens is 2. The highest BCUT2D eigenvalue weighted by Gasteiger charge is 2.20. The molecule has 8 heteroatoms. The van der Waals surface area contributed by atoms with E-state index in [-0.39, 0.29) is 18.0 Å². The molecule has 0 saturated heterocycles. The number of para-hydroxylation sites is 1. The molecule has 0 atom stereocenters. The number of thiazole rings is 1. The Kier molecular flexibility index (Phi) is 6.04. The Hall–Kier alpha value is -2.48. The van der Waals surface area contributed by atoms with Gasteiger partial charge >= 0.3 is 0 Å². The van der Waals surface area contributed by atoms with Crippen molar-refractivity contribution in [1.82, 2.24) is 14.3 Å². The lowest BCUT2D eigenvalue weighted by atomic mass is 10.2. The number of unbranched alkanes of at least 4 members (excludes halogenated alkanes) is 1. The first-order valence-corrected chi connectivity index (χ1v) is 11.3. The van der Waals surface area contributed by atoms with Crippen LogP contribution in [0.15, 0.2) is 53.3 Å². The van der Waals surface area contributed by atoms with Gasteiger partial charge in [-0.25, -0.2) is 0 Å². The van der Waals surface area contributed by atoms with E-state index in [0.717, 1.165) is 28.8 Å². The van der Waals surface area contributed by atoms with Gasteiger partial charge in [-0.3, -0.25) is 18.6 Å². The summed E-state index contributed by atoms with van der Waals surface area (Å²) in [6.45, 7) is 2.56. The van der Waals surface area contributed by atoms with E-state index in [1.807, 2.05) is 40.8 Å². The molecular formula is C22H20ClN3O2S2. The molecule has 0 saturated carbocycles. The number of hydrogen-bond acceptors (Lipinski definition) is 4. The molecule has 0 aliphatic carbocycles. The molecule has 0 spiro atoms. The average Bonchev–Trinajstić information content (AvgIpc) is 3.08. The van der Waals surface area contributed by atoms with Gasteiger partial charge in [0.1, 0.15) is 12.2 Å². The second-order valence-electron chi connectivity index (χ2n) is 6.95. The molecule has 0 aliphatic heterocycles. The summed E-state index contributed by atoms with van der Waals surface area (Å²) in [5.41, 5.74) is 1.87. The highest BCUT2D eigenvalue weighted by Crippen LogP contribution is 2.36. The van der Waals surface area contributed by atoms with Crippen molar-refractivity contribution in [3.8, 4) is 10.4 Å². The van der Waals surface area contributed by atoms with E-state index in [4.69, 9.17) is 23.8 Å². The molecule has 0 bridgehead atoms. The third kappa shape index (κ3) is 3.69. The molecule has 1 N–H and O–H groups in total. The van der Waals surface area contributed by atoms with Gasteiger partial charge in [0.05, 0.1) is 15.8 Å². The number of carbonyl (C=O) groups excluding carboxylic acids is 1. The summed E-state index contributed by atoms with van der Waals surface area (Å²) in [6.07, 6.45) is 1.87. The summed E-state index contributed by atoms with van der Waals surface area (Å²) in [7, 11) is 0. The van der Waals surface area contributed by atoms with Crippen LogP contribution in [-0.2, 0) is 11.3 Å². The SMILES string of the molecule is CCCCNC(=O)Cn1c(=O)c2ccccc2n2c(=S)sc(-c3ccccc3Cl)c12. The molecule has 4 rings (SSSR count). The number of hydrogen-bond donors (Lipinski definition) is 1. The standard InChI is InChI=1S/C22H20ClN3O2S2/c1-2-3-12-24-18(27)13-25-20-19(14-8-4-6-10-16(14)23)30-22(29)26(20)17-11-7-5-9-15(17)21(25)28/h4-11H,2-3,12-13H2,1H3,(H,24,27). The number of benzene rings is 2. The summed E-state index contributed by atoms with van der Waals surface area (Å²) in [6, 6.07) is 14.8. The molecule has 2 heterocycles. The molecule has 2 aromatic heterocycles. The van der Waals surface area contributed by atoms with Gasteiger partial charge in [-0.15, -0.1) is 11.3 Å². The van der Waals surface area contributed by atoms with Crippen LogP contribution in [0.1, 0.15) is 19.8 Å². The van der Waals surface area contributed by atoms with Crippen LogP contribution in [0.4, 0.5) is 0 Å². The van der Waals surface area contributed by atoms with Crippen LogP contribution < -0.4 is 10.9 Å². The van der Waals surface area contributed by atoms with Gasteiger partial charge in [0.15, 0.2) is 3.95 Å². The van der Waals surface area contributed by atoms with Crippen molar-refractivity contribution in [3.63, 3.8) is 0 Å². The zero-order valence-electron chi connectivity index (χ0n) is 16.4. The highest BCUT2D eigenvalue weighted by atomic mass is 35.5. The van der Waals surface area contributed by atoms with E-state index < -0.39 is 0 Å². The molecular weight excluding hydrogens is 438 g/mol. The summed E-state index contributed by atoms with van der Waals surface area (Å²) in [5, 5.41) is 3.98. The van der Waals surface area contributed by atoms with Crippen molar-refractivity contribution >= 4 is 57.6 Å². The summed E-state index contributed by atoms with van der Waals surface area (Å²) in [4.78, 5) is 26.8. The van der Waals surface area contributed by atoms with Gasteiger partial charge in [0.25, 0.3) is 5.56 Å². The highest BCUT2D eigenvalue weighted by molar-refractivity contribution is 7.73. The largest absolute Gasteiger partial charge is 0.355 e. The van der Waals surface area contributed by atoms with Crippen molar-refractivity contribution in [3.05, 3.63) is 67.9 Å². The van der Waals surface area contributed by atoms with E-state index in [1.54, 1.807) is 12.1 Å². The third-order valence-corrected chi connectivity index (χ3v) is 6.66. The van der Waals surface area contributed by atoms with Crippen molar-refractivity contribution in [2.75, 3.05) is 6.54 Å². The van der Waals surface area contributed by atoms with E-state index in [0.29, 0.717) is 26.6 Å². The maximum atomic E-state index is 13.4. The van der Waals surface area contributed by atoms with E-state index in [2.05, 4.69) is 12.2 Å². The number of nitrogens with zero attached hydrogens (tertiary/aromatic N) is 2. The van der Waals surface area contributed by atoms with Gasteiger partial charge in [0.2, 0.25) is 5.91 Å². The first-order chi connectivity index (χ1) is 14.5. The van der Waals surface area contributed by atoms with E-state index >= 15 is 0 Å². The molecule has 0 unspecified atom stereocenters. The Morgan fingerprint density at radius 3 is 2.67 bits per heavy atom. The minimum atomic E-state index is -0.225. The molecule has 1 amide bonds. The number of carbonyl (C=O) groups is 1. The fourth-order valence-electron chi connectivity index (χ4n) is 3.48. The topological polar surface area (TPSA) is 55.5 Å². The average molecular weight is 458 g/mol. The van der Waals surface area contributed by atoms with Crippen LogP contribution in [0, 0.1) is 3.95 Å². The number of amides is 1. The molecule has 0 radical (unpaired) electrons. The van der Waals surface area contributed by atoms with E-state index in [9.17, 15) is 9.59 Å². The van der Waals surface area contributed by atoms with Crippen LogP contribution in [0.25, 0.3) is 27.0 Å². The van der Waals surface area contributed by atoms with E-state index in [1.165, 1.54) is 15.9 Å². The van der Waals surface area contributed by atoms with Crippen LogP contribution in [0.3, 0.4) is 0 Å². The van der Waals surface area contributed by atoms with Crippen LogP contribution in [0.5, 0.6) is 0 Å². The lowest BCUT2D eigenvalue weighted by Crippen LogP contribution is -2.33. The zero-order chi connectivity index (χ0) is 21.3. The predicted molar refractivity (Wildman–Crippen MR) is 126 cm³/mol. The molecule has 5 nitrogen and oxygen atoms in total. The third-order valence-electron chi connectivity index (χ3n) is 4.94. The second-order valence-corrected chi connectivity index (χ2v) is 9.00. The van der Waals surface area contributed by atoms with Crippen molar-refractivity contribution in [2.24, 2.45) is 0 Å². The summed E-state index contributed by atoms with van der Waals surface area (Å²) in [5.74, 6) is -0.204. The zero-order valence-corrected chi connectivity index (χ0v) is 18.7. The molecule has 30 heavy (non-hydrogen) atoms. The lowest BCUT2D eigenvalue weighted by Gasteiger charge is -2.13. The molecule has 4 aromatic rings. The minimum absolute atomic E-state index is 0.0835. The predicted octanol–water partition coefficient (Wildman–Crippen LogP) is 5.28. The Morgan fingerprint density at radius 1 is 1.17 bits per heavy atom. The maximum absolute atomic E-state index is 13.4. The molecule has 0 aliphatic rings. The fraction of sp³-hybridized carbons (Fsp3) is 0.227. The Labute approximate surface area is 187 Å². The van der Waals surface area contributed by atoms with Crippen LogP contribution >= 0.6 is 35.2 Å². The monoisotopic (exact) mass is 457 g/mol. The van der Waals surface area contributed by atoms with Crippen molar-refractivity contribution < 1.29 is 4.79 Å². The summed E-state index contributed by atoms with van der Waals surface area (Å²) >= 11 is 13.5. The Balaban J connectivity index is 2.02. The van der Waals surface area contributed by atoms with Crippen molar-refractivity contribution in [1.29, 1.82) is 0 Å². The van der Waals surface area contributed by atoms with Crippen LogP contribution in [0.2, 0.25) is 5.02 Å². The van der Waals surface area contributed by atoms with Gasteiger partial charge in [-0.05, 0) is 36.8 Å². The molecule has 2 aromatic carbocycles. The Morgan fingerprint density at radius 2 is 1.90 bits per heavy atom. The molecule has 154 valence electrons. The number of nitrogens with one attached hydrogen (secondary N) is 1. The first-order valence-electron chi connectivity index (χ1n) is 9.71. The van der Waals surface area contributed by atoms with Gasteiger partial charge in [-0.2, -0.15) is 0 Å². The minimum Gasteiger partial charge on any atom is -0.355 e. The second kappa shape index (κ2) is 8.71. The number of halogens is 1. The normalized spacial score (nSPS) is 11.3.